The van der Waals surface area contributed by atoms with Crippen LogP contribution in [0.5, 0.6) is 0 Å². The Kier molecular flexibility index (Phi) is 2.75. The van der Waals surface area contributed by atoms with Crippen molar-refractivity contribution in [2.24, 2.45) is 0 Å². The molecule has 2 rings (SSSR count). The highest BCUT2D eigenvalue weighted by Gasteiger charge is 2.08. The molecule has 2 aromatic carbocycles. The number of nitriles is 1. The van der Waals surface area contributed by atoms with Crippen LogP contribution in [0, 0.1) is 23.0 Å². The monoisotopic (exact) mass is 230 g/mol. The van der Waals surface area contributed by atoms with Crippen LogP contribution in [0.1, 0.15) is 5.56 Å². The number of nitrogens with two attached hydrogens (primary N) is 1. The van der Waals surface area contributed by atoms with Gasteiger partial charge in [-0.2, -0.15) is 5.26 Å². The van der Waals surface area contributed by atoms with Crippen LogP contribution in [0.15, 0.2) is 36.4 Å². The summed E-state index contributed by atoms with van der Waals surface area (Å²) in [5, 5.41) is 8.72. The lowest BCUT2D eigenvalue weighted by Crippen LogP contribution is -1.92. The first-order valence-corrected chi connectivity index (χ1v) is 4.87. The Bertz CT molecular complexity index is 615. The summed E-state index contributed by atoms with van der Waals surface area (Å²) in [7, 11) is 0. The average molecular weight is 230 g/mol. The summed E-state index contributed by atoms with van der Waals surface area (Å²) in [4.78, 5) is 0. The normalized spacial score (nSPS) is 9.94. The van der Waals surface area contributed by atoms with E-state index in [1.807, 2.05) is 6.07 Å². The fourth-order valence-electron chi connectivity index (χ4n) is 1.56. The summed E-state index contributed by atoms with van der Waals surface area (Å²) < 4.78 is 26.3. The standard InChI is InChI=1S/C13H8F2N2/c14-10-3-4-11(12(15)6-10)8-1-2-9(7-16)13(17)5-8/h1-6H,17H2. The molecule has 2 N–H and O–H groups in total. The minimum Gasteiger partial charge on any atom is -0.398 e. The Morgan fingerprint density at radius 3 is 2.41 bits per heavy atom. The Labute approximate surface area is 96.9 Å². The largest absolute Gasteiger partial charge is 0.398 e. The van der Waals surface area contributed by atoms with E-state index in [-0.39, 0.29) is 11.3 Å². The van der Waals surface area contributed by atoms with E-state index in [1.165, 1.54) is 24.3 Å². The maximum absolute atomic E-state index is 13.5. The Morgan fingerprint density at radius 2 is 1.82 bits per heavy atom. The molecule has 0 saturated heterocycles. The molecular weight excluding hydrogens is 222 g/mol. The molecule has 0 unspecified atom stereocenters. The summed E-state index contributed by atoms with van der Waals surface area (Å²) in [5.41, 5.74) is 7.00. The highest BCUT2D eigenvalue weighted by molar-refractivity contribution is 5.71. The van der Waals surface area contributed by atoms with Crippen LogP contribution in [-0.4, -0.2) is 0 Å². The van der Waals surface area contributed by atoms with Gasteiger partial charge in [-0.15, -0.1) is 0 Å². The lowest BCUT2D eigenvalue weighted by atomic mass is 10.0. The van der Waals surface area contributed by atoms with E-state index in [0.29, 0.717) is 11.1 Å². The average Bonchev–Trinajstić information content (AvgIpc) is 2.29. The third-order valence-electron chi connectivity index (χ3n) is 2.41. The van der Waals surface area contributed by atoms with E-state index in [2.05, 4.69) is 0 Å². The second-order valence-electron chi connectivity index (χ2n) is 3.54. The molecule has 0 aliphatic rings. The Balaban J connectivity index is 2.54. The third kappa shape index (κ3) is 2.08. The predicted molar refractivity (Wildman–Crippen MR) is 60.9 cm³/mol. The number of halogens is 2. The molecule has 0 amide bonds. The summed E-state index contributed by atoms with van der Waals surface area (Å²) in [6.07, 6.45) is 0. The molecule has 2 aromatic rings. The van der Waals surface area contributed by atoms with Gasteiger partial charge in [0, 0.05) is 11.6 Å². The van der Waals surface area contributed by atoms with Gasteiger partial charge in [0.25, 0.3) is 0 Å². The van der Waals surface area contributed by atoms with Crippen molar-refractivity contribution in [2.75, 3.05) is 5.73 Å². The summed E-state index contributed by atoms with van der Waals surface area (Å²) in [6.45, 7) is 0. The zero-order chi connectivity index (χ0) is 12.4. The molecule has 0 bridgehead atoms. The number of benzene rings is 2. The van der Waals surface area contributed by atoms with Gasteiger partial charge in [0.05, 0.1) is 11.3 Å². The van der Waals surface area contributed by atoms with Gasteiger partial charge in [-0.05, 0) is 29.8 Å². The molecular formula is C13H8F2N2. The third-order valence-corrected chi connectivity index (χ3v) is 2.41. The highest BCUT2D eigenvalue weighted by Crippen LogP contribution is 2.26. The van der Waals surface area contributed by atoms with Gasteiger partial charge in [-0.25, -0.2) is 8.78 Å². The molecule has 0 saturated carbocycles. The molecule has 0 aromatic heterocycles. The first kappa shape index (κ1) is 11.1. The Hall–Kier alpha value is -2.41. The van der Waals surface area contributed by atoms with Gasteiger partial charge in [0.15, 0.2) is 0 Å². The van der Waals surface area contributed by atoms with E-state index in [4.69, 9.17) is 11.0 Å². The minimum absolute atomic E-state index is 0.252. The van der Waals surface area contributed by atoms with Gasteiger partial charge in [-0.3, -0.25) is 0 Å². The highest BCUT2D eigenvalue weighted by atomic mass is 19.1. The molecule has 0 spiro atoms. The van der Waals surface area contributed by atoms with Crippen LogP contribution >= 0.6 is 0 Å². The zero-order valence-electron chi connectivity index (χ0n) is 8.74. The maximum Gasteiger partial charge on any atom is 0.133 e. The maximum atomic E-state index is 13.5. The van der Waals surface area contributed by atoms with E-state index in [0.717, 1.165) is 6.07 Å². The zero-order valence-corrected chi connectivity index (χ0v) is 8.74. The summed E-state index contributed by atoms with van der Waals surface area (Å²) in [6, 6.07) is 9.82. The molecule has 0 fully saturated rings. The van der Waals surface area contributed by atoms with Crippen molar-refractivity contribution >= 4 is 5.69 Å². The van der Waals surface area contributed by atoms with Crippen LogP contribution in [0.4, 0.5) is 14.5 Å². The summed E-state index contributed by atoms with van der Waals surface area (Å²) in [5.74, 6) is -1.29. The molecule has 4 heteroatoms. The van der Waals surface area contributed by atoms with Gasteiger partial charge in [0.1, 0.15) is 17.7 Å². The molecule has 0 aliphatic carbocycles. The van der Waals surface area contributed by atoms with E-state index >= 15 is 0 Å². The molecule has 0 atom stereocenters. The minimum atomic E-state index is -0.658. The van der Waals surface area contributed by atoms with Gasteiger partial charge in [-0.1, -0.05) is 6.07 Å². The van der Waals surface area contributed by atoms with Crippen molar-refractivity contribution in [2.45, 2.75) is 0 Å². The fourth-order valence-corrected chi connectivity index (χ4v) is 1.56. The summed E-state index contributed by atoms with van der Waals surface area (Å²) >= 11 is 0. The quantitative estimate of drug-likeness (QED) is 0.765. The van der Waals surface area contributed by atoms with Crippen molar-refractivity contribution < 1.29 is 8.78 Å². The van der Waals surface area contributed by atoms with Gasteiger partial charge < -0.3 is 5.73 Å². The van der Waals surface area contributed by atoms with Gasteiger partial charge >= 0.3 is 0 Å². The topological polar surface area (TPSA) is 49.8 Å². The Morgan fingerprint density at radius 1 is 1.06 bits per heavy atom. The van der Waals surface area contributed by atoms with Crippen LogP contribution in [-0.2, 0) is 0 Å². The predicted octanol–water partition coefficient (Wildman–Crippen LogP) is 3.09. The van der Waals surface area contributed by atoms with Crippen molar-refractivity contribution in [3.05, 3.63) is 53.6 Å². The number of anilines is 1. The smallest absolute Gasteiger partial charge is 0.133 e. The van der Waals surface area contributed by atoms with Crippen LogP contribution in [0.3, 0.4) is 0 Å². The van der Waals surface area contributed by atoms with Crippen molar-refractivity contribution in [3.8, 4) is 17.2 Å². The lowest BCUT2D eigenvalue weighted by Gasteiger charge is -2.05. The number of hydrogen-bond donors (Lipinski definition) is 1. The van der Waals surface area contributed by atoms with E-state index < -0.39 is 11.6 Å². The number of hydrogen-bond acceptors (Lipinski definition) is 2. The van der Waals surface area contributed by atoms with E-state index in [1.54, 1.807) is 6.07 Å². The van der Waals surface area contributed by atoms with Crippen LogP contribution in [0.2, 0.25) is 0 Å². The first-order chi connectivity index (χ1) is 8.11. The van der Waals surface area contributed by atoms with E-state index in [9.17, 15) is 8.78 Å². The molecule has 84 valence electrons. The van der Waals surface area contributed by atoms with Gasteiger partial charge in [0.2, 0.25) is 0 Å². The van der Waals surface area contributed by atoms with Crippen LogP contribution in [0.25, 0.3) is 11.1 Å². The van der Waals surface area contributed by atoms with Crippen molar-refractivity contribution in [3.63, 3.8) is 0 Å². The molecule has 0 heterocycles. The number of nitrogen functional groups attached to an aromatic ring is 1. The van der Waals surface area contributed by atoms with Crippen molar-refractivity contribution in [1.29, 1.82) is 5.26 Å². The fraction of sp³-hybridized carbons (Fsp3) is 0. The molecule has 0 aliphatic heterocycles. The number of rotatable bonds is 1. The SMILES string of the molecule is N#Cc1ccc(-c2ccc(F)cc2F)cc1N. The van der Waals surface area contributed by atoms with Crippen LogP contribution < -0.4 is 5.73 Å². The molecule has 17 heavy (non-hydrogen) atoms. The number of nitrogens with zero attached hydrogens (tertiary/aromatic N) is 1. The molecule has 0 radical (unpaired) electrons. The first-order valence-electron chi connectivity index (χ1n) is 4.87. The van der Waals surface area contributed by atoms with Crippen molar-refractivity contribution in [1.82, 2.24) is 0 Å². The second-order valence-corrected chi connectivity index (χ2v) is 3.54. The second kappa shape index (κ2) is 4.22. The molecule has 2 nitrogen and oxygen atoms in total. The lowest BCUT2D eigenvalue weighted by molar-refractivity contribution is 0.585.